The Morgan fingerprint density at radius 2 is 1.61 bits per heavy atom. The molecule has 104 valence electrons. The van der Waals surface area contributed by atoms with Gasteiger partial charge in [0.15, 0.2) is 0 Å². The maximum atomic E-state index is 9.44. The van der Waals surface area contributed by atoms with Crippen LogP contribution in [0.25, 0.3) is 0 Å². The van der Waals surface area contributed by atoms with E-state index >= 15 is 0 Å². The van der Waals surface area contributed by atoms with Gasteiger partial charge in [-0.2, -0.15) is 0 Å². The number of nitrogens with zero attached hydrogens (tertiary/aromatic N) is 2. The van der Waals surface area contributed by atoms with Crippen LogP contribution in [0, 0.1) is 0 Å². The average Bonchev–Trinajstić information content (AvgIpc) is 3.23. The fourth-order valence-corrected chi connectivity index (χ4v) is 3.73. The molecule has 4 heteroatoms. The molecule has 2 atom stereocenters. The highest BCUT2D eigenvalue weighted by atomic mass is 16.3. The van der Waals surface area contributed by atoms with E-state index in [1.54, 1.807) is 0 Å². The molecule has 0 radical (unpaired) electrons. The second kappa shape index (κ2) is 5.08. The van der Waals surface area contributed by atoms with Crippen LogP contribution in [0.15, 0.2) is 0 Å². The van der Waals surface area contributed by atoms with Gasteiger partial charge in [0.2, 0.25) is 0 Å². The summed E-state index contributed by atoms with van der Waals surface area (Å²) in [5, 5.41) is 9.44. The van der Waals surface area contributed by atoms with Gasteiger partial charge < -0.3 is 10.8 Å². The van der Waals surface area contributed by atoms with Crippen molar-refractivity contribution in [2.24, 2.45) is 5.73 Å². The molecule has 3 fully saturated rings. The second-order valence-electron chi connectivity index (χ2n) is 6.57. The standard InChI is InChI=1S/C14H27N3O/c15-14(11-18)5-1-2-13(10-14)17-8-6-16(7-9-17)12-3-4-12/h12-13,18H,1-11,15H2. The quantitative estimate of drug-likeness (QED) is 0.764. The van der Waals surface area contributed by atoms with Crippen molar-refractivity contribution in [1.82, 2.24) is 9.80 Å². The van der Waals surface area contributed by atoms with Crippen molar-refractivity contribution >= 4 is 0 Å². The van der Waals surface area contributed by atoms with E-state index in [0.717, 1.165) is 18.9 Å². The number of rotatable bonds is 3. The Morgan fingerprint density at radius 1 is 1.00 bits per heavy atom. The maximum absolute atomic E-state index is 9.44. The zero-order chi connectivity index (χ0) is 12.6. The highest BCUT2D eigenvalue weighted by Gasteiger charge is 2.37. The van der Waals surface area contributed by atoms with Crippen molar-refractivity contribution in [3.05, 3.63) is 0 Å². The molecule has 3 aliphatic rings. The Labute approximate surface area is 110 Å². The predicted molar refractivity (Wildman–Crippen MR) is 72.4 cm³/mol. The summed E-state index contributed by atoms with van der Waals surface area (Å²) in [7, 11) is 0. The van der Waals surface area contributed by atoms with Gasteiger partial charge in [-0.25, -0.2) is 0 Å². The molecule has 4 nitrogen and oxygen atoms in total. The van der Waals surface area contributed by atoms with Crippen LogP contribution in [-0.2, 0) is 0 Å². The lowest BCUT2D eigenvalue weighted by Gasteiger charge is -2.45. The number of aliphatic hydroxyl groups is 1. The fourth-order valence-electron chi connectivity index (χ4n) is 3.73. The monoisotopic (exact) mass is 253 g/mol. The number of piperazine rings is 1. The minimum Gasteiger partial charge on any atom is -0.394 e. The molecule has 0 aromatic heterocycles. The highest BCUT2D eigenvalue weighted by Crippen LogP contribution is 2.32. The fraction of sp³-hybridized carbons (Fsp3) is 1.00. The van der Waals surface area contributed by atoms with Crippen LogP contribution in [0.5, 0.6) is 0 Å². The van der Waals surface area contributed by atoms with Crippen molar-refractivity contribution in [3.8, 4) is 0 Å². The summed E-state index contributed by atoms with van der Waals surface area (Å²) in [5.74, 6) is 0. The lowest BCUT2D eigenvalue weighted by Crippen LogP contribution is -2.57. The van der Waals surface area contributed by atoms with Crippen molar-refractivity contribution in [2.45, 2.75) is 56.1 Å². The van der Waals surface area contributed by atoms with Crippen molar-refractivity contribution in [3.63, 3.8) is 0 Å². The van der Waals surface area contributed by atoms with Gasteiger partial charge in [0.05, 0.1) is 6.61 Å². The topological polar surface area (TPSA) is 52.7 Å². The van der Waals surface area contributed by atoms with Crippen LogP contribution in [0.3, 0.4) is 0 Å². The summed E-state index contributed by atoms with van der Waals surface area (Å²) in [6.07, 6.45) is 7.24. The molecule has 0 amide bonds. The first-order valence-electron chi connectivity index (χ1n) is 7.58. The minimum atomic E-state index is -0.309. The molecule has 1 saturated heterocycles. The Balaban J connectivity index is 1.52. The van der Waals surface area contributed by atoms with E-state index in [9.17, 15) is 5.11 Å². The third-order valence-corrected chi connectivity index (χ3v) is 5.10. The van der Waals surface area contributed by atoms with Crippen LogP contribution in [0.1, 0.15) is 38.5 Å². The SMILES string of the molecule is NC1(CO)CCCC(N2CCN(C3CC3)CC2)C1. The van der Waals surface area contributed by atoms with E-state index < -0.39 is 0 Å². The number of aliphatic hydroxyl groups excluding tert-OH is 1. The van der Waals surface area contributed by atoms with E-state index in [-0.39, 0.29) is 12.1 Å². The zero-order valence-corrected chi connectivity index (χ0v) is 11.4. The van der Waals surface area contributed by atoms with Crippen molar-refractivity contribution in [2.75, 3.05) is 32.8 Å². The van der Waals surface area contributed by atoms with Crippen LogP contribution in [0.2, 0.25) is 0 Å². The summed E-state index contributed by atoms with van der Waals surface area (Å²) >= 11 is 0. The lowest BCUT2D eigenvalue weighted by atomic mass is 9.79. The van der Waals surface area contributed by atoms with Crippen LogP contribution in [-0.4, -0.2) is 65.3 Å². The zero-order valence-electron chi connectivity index (χ0n) is 11.4. The minimum absolute atomic E-state index is 0.144. The Hall–Kier alpha value is -0.160. The third kappa shape index (κ3) is 2.72. The first kappa shape index (κ1) is 12.9. The maximum Gasteiger partial charge on any atom is 0.0611 e. The van der Waals surface area contributed by atoms with Gasteiger partial charge >= 0.3 is 0 Å². The third-order valence-electron chi connectivity index (χ3n) is 5.10. The molecule has 0 aromatic rings. The van der Waals surface area contributed by atoms with Gasteiger partial charge in [0.25, 0.3) is 0 Å². The van der Waals surface area contributed by atoms with Gasteiger partial charge in [-0.1, -0.05) is 0 Å². The Bertz CT molecular complexity index is 287. The van der Waals surface area contributed by atoms with Gasteiger partial charge in [0, 0.05) is 43.8 Å². The predicted octanol–water partition coefficient (Wildman–Crippen LogP) is 0.399. The van der Waals surface area contributed by atoms with E-state index in [1.807, 2.05) is 0 Å². The molecule has 0 spiro atoms. The second-order valence-corrected chi connectivity index (χ2v) is 6.57. The summed E-state index contributed by atoms with van der Waals surface area (Å²) < 4.78 is 0. The molecule has 0 aromatic carbocycles. The normalized spacial score (nSPS) is 40.0. The first-order chi connectivity index (χ1) is 8.70. The van der Waals surface area contributed by atoms with Crippen LogP contribution in [0.4, 0.5) is 0 Å². The summed E-state index contributed by atoms with van der Waals surface area (Å²) in [6, 6.07) is 1.52. The smallest absolute Gasteiger partial charge is 0.0611 e. The molecule has 18 heavy (non-hydrogen) atoms. The van der Waals surface area contributed by atoms with E-state index in [4.69, 9.17) is 5.73 Å². The molecule has 3 N–H and O–H groups in total. The molecule has 3 rings (SSSR count). The van der Waals surface area contributed by atoms with Gasteiger partial charge in [-0.15, -0.1) is 0 Å². The van der Waals surface area contributed by atoms with Gasteiger partial charge in [-0.3, -0.25) is 9.80 Å². The molecule has 0 bridgehead atoms. The molecule has 1 heterocycles. The number of hydrogen-bond donors (Lipinski definition) is 2. The number of nitrogens with two attached hydrogens (primary N) is 1. The van der Waals surface area contributed by atoms with Gasteiger partial charge in [-0.05, 0) is 38.5 Å². The van der Waals surface area contributed by atoms with Crippen molar-refractivity contribution < 1.29 is 5.11 Å². The molecule has 2 aliphatic carbocycles. The molecular weight excluding hydrogens is 226 g/mol. The summed E-state index contributed by atoms with van der Waals surface area (Å²) in [6.45, 7) is 5.01. The van der Waals surface area contributed by atoms with Gasteiger partial charge in [0.1, 0.15) is 0 Å². The Morgan fingerprint density at radius 3 is 2.17 bits per heavy atom. The number of hydrogen-bond acceptors (Lipinski definition) is 4. The largest absolute Gasteiger partial charge is 0.394 e. The van der Waals surface area contributed by atoms with E-state index in [2.05, 4.69) is 9.80 Å². The Kier molecular flexibility index (Phi) is 3.63. The summed E-state index contributed by atoms with van der Waals surface area (Å²) in [4.78, 5) is 5.27. The lowest BCUT2D eigenvalue weighted by molar-refractivity contribution is 0.0433. The van der Waals surface area contributed by atoms with Crippen molar-refractivity contribution in [1.29, 1.82) is 0 Å². The molecule has 2 unspecified atom stereocenters. The highest BCUT2D eigenvalue weighted by molar-refractivity contribution is 4.96. The molecular formula is C14H27N3O. The summed E-state index contributed by atoms with van der Waals surface area (Å²) in [5.41, 5.74) is 5.94. The first-order valence-corrected chi connectivity index (χ1v) is 7.58. The van der Waals surface area contributed by atoms with Crippen LogP contribution >= 0.6 is 0 Å². The average molecular weight is 253 g/mol. The van der Waals surface area contributed by atoms with E-state index in [0.29, 0.717) is 6.04 Å². The molecule has 2 saturated carbocycles. The molecule has 1 aliphatic heterocycles. The van der Waals surface area contributed by atoms with Crippen LogP contribution < -0.4 is 5.73 Å². The van der Waals surface area contributed by atoms with E-state index in [1.165, 1.54) is 51.9 Å².